The topological polar surface area (TPSA) is 98.1 Å². The van der Waals surface area contributed by atoms with E-state index in [9.17, 15) is 14.0 Å². The monoisotopic (exact) mass is 455 g/mol. The minimum absolute atomic E-state index is 0.121. The molecule has 0 saturated heterocycles. The molecule has 0 aliphatic carbocycles. The normalized spacial score (nSPS) is 10.4. The van der Waals surface area contributed by atoms with Crippen LogP contribution in [0.15, 0.2) is 66.3 Å². The Bertz CT molecular complexity index is 1080. The van der Waals surface area contributed by atoms with Crippen molar-refractivity contribution in [3.63, 3.8) is 0 Å². The second kappa shape index (κ2) is 11.1. The number of carbonyl (C=O) groups is 2. The molecule has 10 heteroatoms. The lowest BCUT2D eigenvalue weighted by Crippen LogP contribution is -2.25. The van der Waals surface area contributed by atoms with Gasteiger partial charge in [0.2, 0.25) is 5.91 Å². The van der Waals surface area contributed by atoms with Gasteiger partial charge in [0.25, 0.3) is 5.91 Å². The van der Waals surface area contributed by atoms with Gasteiger partial charge in [-0.1, -0.05) is 17.8 Å². The highest BCUT2D eigenvalue weighted by Gasteiger charge is 2.15. The highest BCUT2D eigenvalue weighted by Crippen LogP contribution is 2.19. The Morgan fingerprint density at radius 1 is 1.16 bits per heavy atom. The fraction of sp³-hybridized carbons (Fsp3) is 0.182. The zero-order valence-electron chi connectivity index (χ0n) is 17.4. The summed E-state index contributed by atoms with van der Waals surface area (Å²) in [5.41, 5.74) is 0.999. The molecule has 2 amide bonds. The minimum atomic E-state index is -0.412. The maximum absolute atomic E-state index is 13.0. The van der Waals surface area contributed by atoms with Gasteiger partial charge in [-0.3, -0.25) is 9.59 Å². The van der Waals surface area contributed by atoms with Crippen LogP contribution in [-0.2, 0) is 17.9 Å². The predicted molar refractivity (Wildman–Crippen MR) is 120 cm³/mol. The fourth-order valence-corrected chi connectivity index (χ4v) is 3.50. The summed E-state index contributed by atoms with van der Waals surface area (Å²) in [7, 11) is 1.58. The second-order valence-electron chi connectivity index (χ2n) is 6.55. The van der Waals surface area contributed by atoms with E-state index < -0.39 is 5.82 Å². The molecule has 0 aliphatic heterocycles. The van der Waals surface area contributed by atoms with Crippen LogP contribution in [0, 0.1) is 5.82 Å². The number of nitrogens with one attached hydrogen (secondary N) is 2. The van der Waals surface area contributed by atoms with Crippen molar-refractivity contribution in [3.05, 3.63) is 78.4 Å². The average molecular weight is 456 g/mol. The zero-order valence-corrected chi connectivity index (χ0v) is 18.2. The molecule has 0 atom stereocenters. The number of allylic oxidation sites excluding steroid dienone is 1. The molecular weight excluding hydrogens is 433 g/mol. The van der Waals surface area contributed by atoms with E-state index in [1.807, 2.05) is 0 Å². The van der Waals surface area contributed by atoms with Crippen molar-refractivity contribution in [1.29, 1.82) is 0 Å². The summed E-state index contributed by atoms with van der Waals surface area (Å²) in [5.74, 6) is 0.381. The summed E-state index contributed by atoms with van der Waals surface area (Å²) in [4.78, 5) is 24.5. The first-order valence-electron chi connectivity index (χ1n) is 9.63. The Labute approximate surface area is 188 Å². The van der Waals surface area contributed by atoms with Crippen LogP contribution in [-0.4, -0.2) is 39.4 Å². The first-order chi connectivity index (χ1) is 15.5. The summed E-state index contributed by atoms with van der Waals surface area (Å²) >= 11 is 1.23. The molecule has 0 aliphatic rings. The Kier molecular flexibility index (Phi) is 7.98. The first-order valence-corrected chi connectivity index (χ1v) is 10.6. The number of anilines is 1. The molecule has 2 N–H and O–H groups in total. The van der Waals surface area contributed by atoms with E-state index in [0.717, 1.165) is 0 Å². The summed E-state index contributed by atoms with van der Waals surface area (Å²) in [5, 5.41) is 14.3. The third-order valence-corrected chi connectivity index (χ3v) is 5.29. The summed E-state index contributed by atoms with van der Waals surface area (Å²) in [6, 6.07) is 12.3. The average Bonchev–Trinajstić information content (AvgIpc) is 3.19. The van der Waals surface area contributed by atoms with E-state index in [0.29, 0.717) is 34.5 Å². The number of carbonyl (C=O) groups excluding carboxylic acids is 2. The Balaban J connectivity index is 1.58. The third kappa shape index (κ3) is 6.17. The summed E-state index contributed by atoms with van der Waals surface area (Å²) in [6.07, 6.45) is 1.68. The number of rotatable bonds is 10. The van der Waals surface area contributed by atoms with Crippen LogP contribution in [0.3, 0.4) is 0 Å². The van der Waals surface area contributed by atoms with Gasteiger partial charge in [0, 0.05) is 17.8 Å². The molecular formula is C22H22FN5O3S. The van der Waals surface area contributed by atoms with Crippen molar-refractivity contribution in [3.8, 4) is 5.75 Å². The third-order valence-electron chi connectivity index (χ3n) is 4.32. The van der Waals surface area contributed by atoms with Crippen LogP contribution in [0.25, 0.3) is 0 Å². The van der Waals surface area contributed by atoms with Gasteiger partial charge < -0.3 is 19.9 Å². The quantitative estimate of drug-likeness (QED) is 0.360. The van der Waals surface area contributed by atoms with E-state index in [4.69, 9.17) is 4.74 Å². The Hall–Kier alpha value is -3.66. The number of hydrogen-bond acceptors (Lipinski definition) is 6. The van der Waals surface area contributed by atoms with Crippen LogP contribution < -0.4 is 15.4 Å². The van der Waals surface area contributed by atoms with Crippen molar-refractivity contribution in [1.82, 2.24) is 20.1 Å². The van der Waals surface area contributed by atoms with Crippen LogP contribution in [0.1, 0.15) is 16.2 Å². The number of halogens is 1. The number of thioether (sulfide) groups is 1. The van der Waals surface area contributed by atoms with Gasteiger partial charge in [0.1, 0.15) is 11.6 Å². The van der Waals surface area contributed by atoms with Crippen molar-refractivity contribution >= 4 is 29.3 Å². The van der Waals surface area contributed by atoms with Gasteiger partial charge in [0.05, 0.1) is 19.4 Å². The lowest BCUT2D eigenvalue weighted by atomic mass is 10.2. The molecule has 3 aromatic rings. The minimum Gasteiger partial charge on any atom is -0.497 e. The lowest BCUT2D eigenvalue weighted by molar-refractivity contribution is -0.113. The fourth-order valence-electron chi connectivity index (χ4n) is 2.73. The van der Waals surface area contributed by atoms with Crippen molar-refractivity contribution in [2.24, 2.45) is 0 Å². The highest BCUT2D eigenvalue weighted by atomic mass is 32.2. The standard InChI is InChI=1S/C22H22FN5O3S/c1-3-12-28-19(13-24-21(30)15-4-6-16(23)7-5-15)26-27-22(28)32-14-20(29)25-17-8-10-18(31-2)11-9-17/h3-11H,1,12-14H2,2H3,(H,24,30)(H,25,29). The maximum Gasteiger partial charge on any atom is 0.251 e. The highest BCUT2D eigenvalue weighted by molar-refractivity contribution is 7.99. The molecule has 1 heterocycles. The van der Waals surface area contributed by atoms with Crippen molar-refractivity contribution < 1.29 is 18.7 Å². The number of hydrogen-bond donors (Lipinski definition) is 2. The molecule has 166 valence electrons. The van der Waals surface area contributed by atoms with E-state index >= 15 is 0 Å². The summed E-state index contributed by atoms with van der Waals surface area (Å²) in [6.45, 7) is 4.27. The van der Waals surface area contributed by atoms with Gasteiger partial charge in [-0.2, -0.15) is 0 Å². The van der Waals surface area contributed by atoms with Crippen molar-refractivity contribution in [2.45, 2.75) is 18.2 Å². The molecule has 1 aromatic heterocycles. The second-order valence-corrected chi connectivity index (χ2v) is 7.50. The number of ether oxygens (including phenoxy) is 1. The van der Waals surface area contributed by atoms with Crippen LogP contribution >= 0.6 is 11.8 Å². The molecule has 0 saturated carbocycles. The Morgan fingerprint density at radius 3 is 2.53 bits per heavy atom. The molecule has 2 aromatic carbocycles. The molecule has 0 unspecified atom stereocenters. The number of nitrogens with zero attached hydrogens (tertiary/aromatic N) is 3. The molecule has 0 radical (unpaired) electrons. The van der Waals surface area contributed by atoms with Gasteiger partial charge in [-0.25, -0.2) is 4.39 Å². The van der Waals surface area contributed by atoms with E-state index in [2.05, 4.69) is 27.4 Å². The molecule has 0 spiro atoms. The zero-order chi connectivity index (χ0) is 22.9. The molecule has 0 bridgehead atoms. The van der Waals surface area contributed by atoms with Crippen LogP contribution in [0.5, 0.6) is 5.75 Å². The first kappa shape index (κ1) is 23.0. The molecule has 32 heavy (non-hydrogen) atoms. The lowest BCUT2D eigenvalue weighted by Gasteiger charge is -2.09. The summed E-state index contributed by atoms with van der Waals surface area (Å²) < 4.78 is 19.9. The SMILES string of the molecule is C=CCn1c(CNC(=O)c2ccc(F)cc2)nnc1SCC(=O)Nc1ccc(OC)cc1. The largest absolute Gasteiger partial charge is 0.497 e. The van der Waals surface area contributed by atoms with Gasteiger partial charge in [0.15, 0.2) is 11.0 Å². The van der Waals surface area contributed by atoms with E-state index in [1.165, 1.54) is 36.0 Å². The number of methoxy groups -OCH3 is 1. The van der Waals surface area contributed by atoms with Crippen molar-refractivity contribution in [2.75, 3.05) is 18.2 Å². The molecule has 0 fully saturated rings. The number of benzene rings is 2. The Morgan fingerprint density at radius 2 is 1.88 bits per heavy atom. The van der Waals surface area contributed by atoms with Gasteiger partial charge in [-0.15, -0.1) is 16.8 Å². The number of aromatic nitrogens is 3. The van der Waals surface area contributed by atoms with E-state index in [1.54, 1.807) is 42.0 Å². The van der Waals surface area contributed by atoms with Gasteiger partial charge >= 0.3 is 0 Å². The number of amides is 2. The predicted octanol–water partition coefficient (Wildman–Crippen LogP) is 3.27. The van der Waals surface area contributed by atoms with Gasteiger partial charge in [-0.05, 0) is 48.5 Å². The molecule has 8 nitrogen and oxygen atoms in total. The maximum atomic E-state index is 13.0. The van der Waals surface area contributed by atoms with Crippen LogP contribution in [0.4, 0.5) is 10.1 Å². The smallest absolute Gasteiger partial charge is 0.251 e. The van der Waals surface area contributed by atoms with Crippen LogP contribution in [0.2, 0.25) is 0 Å². The molecule has 3 rings (SSSR count). The van der Waals surface area contributed by atoms with E-state index in [-0.39, 0.29) is 24.1 Å².